The van der Waals surface area contributed by atoms with Crippen molar-refractivity contribution in [1.82, 2.24) is 20.3 Å². The molecule has 6 nitrogen and oxygen atoms in total. The van der Waals surface area contributed by atoms with E-state index in [1.54, 1.807) is 31.8 Å². The van der Waals surface area contributed by atoms with Crippen LogP contribution < -0.4 is 10.1 Å². The number of allylic oxidation sites excluding steroid dienone is 2. The topological polar surface area (TPSA) is 79.9 Å². The Bertz CT molecular complexity index is 1360. The molecule has 0 saturated heterocycles. The van der Waals surface area contributed by atoms with Gasteiger partial charge in [0, 0.05) is 47.7 Å². The number of aromatic nitrogens is 3. The number of hydrogen-bond acceptors (Lipinski definition) is 4. The lowest BCUT2D eigenvalue weighted by Gasteiger charge is -2.21. The van der Waals surface area contributed by atoms with Gasteiger partial charge >= 0.3 is 0 Å². The zero-order chi connectivity index (χ0) is 23.5. The number of carbonyl (C=O) groups excluding carboxylic acids is 1. The Morgan fingerprint density at radius 3 is 2.76 bits per heavy atom. The van der Waals surface area contributed by atoms with Gasteiger partial charge in [-0.2, -0.15) is 0 Å². The largest absolute Gasteiger partial charge is 0.496 e. The molecule has 1 aromatic carbocycles. The molecule has 2 N–H and O–H groups in total. The minimum Gasteiger partial charge on any atom is -0.496 e. The van der Waals surface area contributed by atoms with Gasteiger partial charge in [-0.1, -0.05) is 6.08 Å². The summed E-state index contributed by atoms with van der Waals surface area (Å²) in [6.45, 7) is 0.508. The first-order valence-electron chi connectivity index (χ1n) is 11.3. The van der Waals surface area contributed by atoms with Crippen molar-refractivity contribution in [2.45, 2.75) is 25.8 Å². The van der Waals surface area contributed by atoms with E-state index >= 15 is 0 Å². The van der Waals surface area contributed by atoms with Crippen LogP contribution >= 0.6 is 0 Å². The number of hydrogen-bond donors (Lipinski definition) is 2. The van der Waals surface area contributed by atoms with Gasteiger partial charge in [-0.25, -0.2) is 9.37 Å². The fourth-order valence-electron chi connectivity index (χ4n) is 4.48. The first-order chi connectivity index (χ1) is 16.6. The zero-order valence-corrected chi connectivity index (χ0v) is 18.8. The molecule has 7 heteroatoms. The second-order valence-corrected chi connectivity index (χ2v) is 8.42. The molecule has 0 spiro atoms. The SMILES string of the molecule is COc1ccc(F)cc1-c1ccnc2[nH]c(C3=CCC(C(=O)NCc4ccncc4)CC3)cc12. The highest BCUT2D eigenvalue weighted by molar-refractivity contribution is 5.96. The number of nitrogens with one attached hydrogen (secondary N) is 2. The van der Waals surface area contributed by atoms with Crippen LogP contribution in [0.2, 0.25) is 0 Å². The van der Waals surface area contributed by atoms with Crippen molar-refractivity contribution < 1.29 is 13.9 Å². The Hall–Kier alpha value is -4.00. The van der Waals surface area contributed by atoms with Crippen LogP contribution in [0.5, 0.6) is 5.75 Å². The number of carbonyl (C=O) groups is 1. The summed E-state index contributed by atoms with van der Waals surface area (Å²) in [7, 11) is 1.58. The van der Waals surface area contributed by atoms with Gasteiger partial charge in [0.15, 0.2) is 0 Å². The molecule has 5 rings (SSSR count). The number of ether oxygens (including phenoxy) is 1. The van der Waals surface area contributed by atoms with Gasteiger partial charge in [0.05, 0.1) is 7.11 Å². The van der Waals surface area contributed by atoms with E-state index in [2.05, 4.69) is 32.4 Å². The number of methoxy groups -OCH3 is 1. The molecule has 0 saturated carbocycles. The summed E-state index contributed by atoms with van der Waals surface area (Å²) in [5.41, 5.74) is 5.44. The van der Waals surface area contributed by atoms with Crippen LogP contribution in [0.3, 0.4) is 0 Å². The maximum atomic E-state index is 14.0. The average molecular weight is 457 g/mol. The summed E-state index contributed by atoms with van der Waals surface area (Å²) in [5.74, 6) is 0.319. The minimum atomic E-state index is -0.320. The molecule has 0 radical (unpaired) electrons. The Kier molecular flexibility index (Phi) is 6.08. The molecule has 1 aliphatic rings. The lowest BCUT2D eigenvalue weighted by Crippen LogP contribution is -2.31. The zero-order valence-electron chi connectivity index (χ0n) is 18.8. The van der Waals surface area contributed by atoms with Crippen LogP contribution in [0.4, 0.5) is 4.39 Å². The predicted molar refractivity (Wildman–Crippen MR) is 129 cm³/mol. The van der Waals surface area contributed by atoms with E-state index in [1.807, 2.05) is 18.2 Å². The molecule has 1 unspecified atom stereocenters. The third-order valence-corrected chi connectivity index (χ3v) is 6.33. The van der Waals surface area contributed by atoms with Crippen molar-refractivity contribution in [3.63, 3.8) is 0 Å². The highest BCUT2D eigenvalue weighted by Crippen LogP contribution is 2.37. The number of aromatic amines is 1. The number of benzene rings is 1. The first-order valence-corrected chi connectivity index (χ1v) is 11.3. The van der Waals surface area contributed by atoms with Gasteiger partial charge in [-0.15, -0.1) is 0 Å². The van der Waals surface area contributed by atoms with Crippen LogP contribution in [-0.4, -0.2) is 28.0 Å². The van der Waals surface area contributed by atoms with E-state index in [1.165, 1.54) is 12.1 Å². The van der Waals surface area contributed by atoms with Gasteiger partial charge in [-0.05, 0) is 78.4 Å². The quantitative estimate of drug-likeness (QED) is 0.414. The van der Waals surface area contributed by atoms with Crippen LogP contribution in [0.15, 0.2) is 67.1 Å². The van der Waals surface area contributed by atoms with E-state index in [0.29, 0.717) is 24.3 Å². The second kappa shape index (κ2) is 9.47. The Labute approximate surface area is 196 Å². The molecule has 172 valence electrons. The second-order valence-electron chi connectivity index (χ2n) is 8.42. The Morgan fingerprint density at radius 1 is 1.15 bits per heavy atom. The maximum absolute atomic E-state index is 14.0. The molecule has 1 atom stereocenters. The third kappa shape index (κ3) is 4.41. The normalized spacial score (nSPS) is 15.7. The van der Waals surface area contributed by atoms with Gasteiger partial charge in [0.2, 0.25) is 5.91 Å². The van der Waals surface area contributed by atoms with Crippen LogP contribution in [0.1, 0.15) is 30.5 Å². The summed E-state index contributed by atoms with van der Waals surface area (Å²) in [5, 5.41) is 3.93. The van der Waals surface area contributed by atoms with Crippen molar-refractivity contribution in [2.24, 2.45) is 5.92 Å². The number of pyridine rings is 2. The average Bonchev–Trinajstić information content (AvgIpc) is 3.32. The van der Waals surface area contributed by atoms with E-state index in [4.69, 9.17) is 4.74 Å². The molecule has 1 aliphatic carbocycles. The highest BCUT2D eigenvalue weighted by Gasteiger charge is 2.23. The third-order valence-electron chi connectivity index (χ3n) is 6.33. The standard InChI is InChI=1S/C27H25FN4O2/c1-34-25-7-6-20(28)14-22(25)21-10-13-30-26-23(21)15-24(32-26)18-2-4-19(5-3-18)27(33)31-16-17-8-11-29-12-9-17/h2,6-15,19H,3-5,16H2,1H3,(H,30,32)(H,31,33). The van der Waals surface area contributed by atoms with Crippen molar-refractivity contribution in [3.8, 4) is 16.9 Å². The van der Waals surface area contributed by atoms with Crippen LogP contribution in [0, 0.1) is 11.7 Å². The molecular weight excluding hydrogens is 431 g/mol. The van der Waals surface area contributed by atoms with E-state index in [-0.39, 0.29) is 17.6 Å². The Balaban J connectivity index is 1.35. The summed E-state index contributed by atoms with van der Waals surface area (Å²) in [6.07, 6.45) is 9.54. The first kappa shape index (κ1) is 21.8. The predicted octanol–water partition coefficient (Wildman–Crippen LogP) is 5.27. The molecule has 1 amide bonds. The minimum absolute atomic E-state index is 0.0415. The molecule has 0 bridgehead atoms. The molecule has 0 aliphatic heterocycles. The molecule has 4 aromatic rings. The molecular formula is C27H25FN4O2. The van der Waals surface area contributed by atoms with Crippen molar-refractivity contribution in [2.75, 3.05) is 7.11 Å². The smallest absolute Gasteiger partial charge is 0.223 e. The number of amides is 1. The summed E-state index contributed by atoms with van der Waals surface area (Å²) < 4.78 is 19.5. The Morgan fingerprint density at radius 2 is 2.00 bits per heavy atom. The van der Waals surface area contributed by atoms with Crippen molar-refractivity contribution >= 4 is 22.5 Å². The van der Waals surface area contributed by atoms with E-state index < -0.39 is 0 Å². The van der Waals surface area contributed by atoms with Gasteiger partial charge in [0.25, 0.3) is 0 Å². The lowest BCUT2D eigenvalue weighted by atomic mass is 9.87. The number of fused-ring (bicyclic) bond motifs is 1. The summed E-state index contributed by atoms with van der Waals surface area (Å²) >= 11 is 0. The molecule has 0 fully saturated rings. The number of H-pyrrole nitrogens is 1. The van der Waals surface area contributed by atoms with Crippen molar-refractivity contribution in [3.05, 3.63) is 84.2 Å². The molecule has 34 heavy (non-hydrogen) atoms. The highest BCUT2D eigenvalue weighted by atomic mass is 19.1. The van der Waals surface area contributed by atoms with Gasteiger partial charge in [-0.3, -0.25) is 9.78 Å². The number of nitrogens with zero attached hydrogens (tertiary/aromatic N) is 2. The molecule has 3 heterocycles. The van der Waals surface area contributed by atoms with Gasteiger partial charge in [0.1, 0.15) is 17.2 Å². The van der Waals surface area contributed by atoms with E-state index in [0.717, 1.165) is 46.3 Å². The maximum Gasteiger partial charge on any atom is 0.223 e. The fourth-order valence-corrected chi connectivity index (χ4v) is 4.48. The van der Waals surface area contributed by atoms with Crippen molar-refractivity contribution in [1.29, 1.82) is 0 Å². The number of halogens is 1. The van der Waals surface area contributed by atoms with Gasteiger partial charge < -0.3 is 15.0 Å². The monoisotopic (exact) mass is 456 g/mol. The number of rotatable bonds is 6. The lowest BCUT2D eigenvalue weighted by molar-refractivity contribution is -0.125. The molecule has 3 aromatic heterocycles. The fraction of sp³-hybridized carbons (Fsp3) is 0.222. The van der Waals surface area contributed by atoms with E-state index in [9.17, 15) is 9.18 Å². The summed E-state index contributed by atoms with van der Waals surface area (Å²) in [4.78, 5) is 24.5. The van der Waals surface area contributed by atoms with Crippen LogP contribution in [-0.2, 0) is 11.3 Å². The summed E-state index contributed by atoms with van der Waals surface area (Å²) in [6, 6.07) is 12.2. The van der Waals surface area contributed by atoms with Crippen LogP contribution in [0.25, 0.3) is 27.7 Å².